The van der Waals surface area contributed by atoms with E-state index in [1.807, 2.05) is 59.4 Å². The van der Waals surface area contributed by atoms with Gasteiger partial charge in [-0.1, -0.05) is 18.2 Å². The molecule has 0 saturated carbocycles. The minimum Gasteiger partial charge on any atom is -0.454 e. The summed E-state index contributed by atoms with van der Waals surface area (Å²) in [4.78, 5) is 15.0. The number of aryl methyl sites for hydroxylation is 1. The normalized spacial score (nSPS) is 15.2. The predicted octanol–water partition coefficient (Wildman–Crippen LogP) is 3.80. The Bertz CT molecular complexity index is 1090. The van der Waals surface area contributed by atoms with Crippen molar-refractivity contribution in [3.8, 4) is 28.4 Å². The van der Waals surface area contributed by atoms with Crippen molar-refractivity contribution < 1.29 is 14.3 Å². The molecule has 33 heavy (non-hydrogen) atoms. The molecule has 2 aromatic carbocycles. The highest BCUT2D eigenvalue weighted by Crippen LogP contribution is 2.36. The van der Waals surface area contributed by atoms with Gasteiger partial charge in [0.15, 0.2) is 11.5 Å². The predicted molar refractivity (Wildman–Crippen MR) is 127 cm³/mol. The Morgan fingerprint density at radius 2 is 1.85 bits per heavy atom. The zero-order valence-corrected chi connectivity index (χ0v) is 18.8. The fourth-order valence-corrected chi connectivity index (χ4v) is 4.47. The second kappa shape index (κ2) is 10.1. The molecule has 172 valence electrons. The Labute approximate surface area is 194 Å². The smallest absolute Gasteiger partial charge is 0.231 e. The van der Waals surface area contributed by atoms with Gasteiger partial charge in [-0.3, -0.25) is 4.79 Å². The maximum absolute atomic E-state index is 12.5. The first-order chi connectivity index (χ1) is 16.3. The molecule has 1 saturated heterocycles. The van der Waals surface area contributed by atoms with E-state index in [1.165, 1.54) is 25.9 Å². The van der Waals surface area contributed by atoms with Gasteiger partial charge in [-0.05, 0) is 81.2 Å². The van der Waals surface area contributed by atoms with Gasteiger partial charge in [0.05, 0.1) is 11.4 Å². The van der Waals surface area contributed by atoms with E-state index < -0.39 is 0 Å². The molecule has 0 spiro atoms. The van der Waals surface area contributed by atoms with E-state index in [4.69, 9.17) is 14.6 Å². The topological polar surface area (TPSA) is 68.6 Å². The van der Waals surface area contributed by atoms with Crippen molar-refractivity contribution in [2.45, 2.75) is 32.1 Å². The molecule has 1 fully saturated rings. The molecule has 0 bridgehead atoms. The molecular formula is C26H30N4O3. The summed E-state index contributed by atoms with van der Waals surface area (Å²) in [5.74, 6) is 1.56. The third kappa shape index (κ3) is 5.20. The van der Waals surface area contributed by atoms with Crippen LogP contribution in [0, 0.1) is 0 Å². The van der Waals surface area contributed by atoms with Crippen molar-refractivity contribution in [3.05, 3.63) is 60.3 Å². The summed E-state index contributed by atoms with van der Waals surface area (Å²) >= 11 is 0. The Morgan fingerprint density at radius 1 is 1.03 bits per heavy atom. The lowest BCUT2D eigenvalue weighted by Crippen LogP contribution is -2.28. The van der Waals surface area contributed by atoms with Gasteiger partial charge in [0.2, 0.25) is 12.7 Å². The summed E-state index contributed by atoms with van der Waals surface area (Å²) in [7, 11) is 0. The number of likely N-dealkylation sites (tertiary alicyclic amines) is 1. The molecule has 0 unspecified atom stereocenters. The number of carbonyl (C=O) groups excluding carboxylic acids is 1. The van der Waals surface area contributed by atoms with Crippen molar-refractivity contribution >= 4 is 5.91 Å². The highest BCUT2D eigenvalue weighted by molar-refractivity contribution is 5.76. The average Bonchev–Trinajstić information content (AvgIpc) is 3.61. The van der Waals surface area contributed by atoms with E-state index >= 15 is 0 Å². The minimum absolute atomic E-state index is 0.0838. The van der Waals surface area contributed by atoms with E-state index in [0.717, 1.165) is 53.5 Å². The van der Waals surface area contributed by atoms with Crippen LogP contribution in [0.5, 0.6) is 11.5 Å². The molecule has 1 N–H and O–H groups in total. The Balaban J connectivity index is 1.26. The Kier molecular flexibility index (Phi) is 6.58. The standard InChI is InChI=1S/C26H30N4O3/c31-25(27-13-6-16-29-14-4-5-15-29)12-10-21-18-30(22-7-2-1-3-8-22)28-26(21)20-9-11-23-24(17-20)33-19-32-23/h1-3,7-9,11,17-18H,4-6,10,12-16,19H2,(H,27,31). The summed E-state index contributed by atoms with van der Waals surface area (Å²) in [6, 6.07) is 15.9. The summed E-state index contributed by atoms with van der Waals surface area (Å²) in [5, 5.41) is 7.94. The summed E-state index contributed by atoms with van der Waals surface area (Å²) in [6.45, 7) is 4.43. The molecule has 1 amide bonds. The van der Waals surface area contributed by atoms with Crippen LogP contribution in [0.1, 0.15) is 31.2 Å². The molecular weight excluding hydrogens is 416 g/mol. The molecule has 0 atom stereocenters. The highest BCUT2D eigenvalue weighted by atomic mass is 16.7. The molecule has 3 heterocycles. The van der Waals surface area contributed by atoms with E-state index in [-0.39, 0.29) is 12.7 Å². The fourth-order valence-electron chi connectivity index (χ4n) is 4.47. The molecule has 2 aliphatic rings. The quantitative estimate of drug-likeness (QED) is 0.507. The van der Waals surface area contributed by atoms with Crippen molar-refractivity contribution in [2.75, 3.05) is 33.0 Å². The van der Waals surface area contributed by atoms with Crippen LogP contribution in [0.4, 0.5) is 0 Å². The summed E-state index contributed by atoms with van der Waals surface area (Å²) < 4.78 is 12.9. The van der Waals surface area contributed by atoms with Crippen molar-refractivity contribution in [2.24, 2.45) is 0 Å². The lowest BCUT2D eigenvalue weighted by atomic mass is 10.0. The molecule has 5 rings (SSSR count). The lowest BCUT2D eigenvalue weighted by molar-refractivity contribution is -0.121. The highest BCUT2D eigenvalue weighted by Gasteiger charge is 2.19. The molecule has 0 radical (unpaired) electrons. The summed E-state index contributed by atoms with van der Waals surface area (Å²) in [6.07, 6.45) is 6.68. The number of fused-ring (bicyclic) bond motifs is 1. The number of aromatic nitrogens is 2. The zero-order chi connectivity index (χ0) is 22.5. The van der Waals surface area contributed by atoms with Crippen LogP contribution in [0.15, 0.2) is 54.7 Å². The first kappa shape index (κ1) is 21.5. The average molecular weight is 447 g/mol. The van der Waals surface area contributed by atoms with E-state index in [1.54, 1.807) is 0 Å². The van der Waals surface area contributed by atoms with E-state index in [9.17, 15) is 4.79 Å². The third-order valence-electron chi connectivity index (χ3n) is 6.25. The van der Waals surface area contributed by atoms with Crippen molar-refractivity contribution in [1.82, 2.24) is 20.0 Å². The van der Waals surface area contributed by atoms with Gasteiger partial charge in [-0.2, -0.15) is 5.10 Å². The zero-order valence-electron chi connectivity index (χ0n) is 18.8. The van der Waals surface area contributed by atoms with Gasteiger partial charge in [0.1, 0.15) is 0 Å². The maximum atomic E-state index is 12.5. The number of rotatable bonds is 9. The second-order valence-corrected chi connectivity index (χ2v) is 8.60. The number of hydrogen-bond donors (Lipinski definition) is 1. The number of carbonyl (C=O) groups is 1. The van der Waals surface area contributed by atoms with Crippen LogP contribution in [-0.4, -0.2) is 53.6 Å². The number of amides is 1. The summed E-state index contributed by atoms with van der Waals surface area (Å²) in [5.41, 5.74) is 3.83. The molecule has 7 nitrogen and oxygen atoms in total. The molecule has 1 aromatic heterocycles. The monoisotopic (exact) mass is 446 g/mol. The minimum atomic E-state index is 0.0838. The van der Waals surface area contributed by atoms with Crippen molar-refractivity contribution in [3.63, 3.8) is 0 Å². The fraction of sp³-hybridized carbons (Fsp3) is 0.385. The van der Waals surface area contributed by atoms with Crippen LogP contribution in [0.2, 0.25) is 0 Å². The van der Waals surface area contributed by atoms with Crippen molar-refractivity contribution in [1.29, 1.82) is 0 Å². The van der Waals surface area contributed by atoms with Gasteiger partial charge < -0.3 is 19.7 Å². The number of ether oxygens (including phenoxy) is 2. The molecule has 3 aromatic rings. The van der Waals surface area contributed by atoms with Crippen LogP contribution in [0.25, 0.3) is 16.9 Å². The number of nitrogens with one attached hydrogen (secondary N) is 1. The molecule has 2 aliphatic heterocycles. The number of nitrogens with zero attached hydrogens (tertiary/aromatic N) is 3. The molecule has 0 aliphatic carbocycles. The van der Waals surface area contributed by atoms with Gasteiger partial charge in [0, 0.05) is 24.7 Å². The van der Waals surface area contributed by atoms with E-state index in [0.29, 0.717) is 12.8 Å². The Hall–Kier alpha value is -3.32. The van der Waals surface area contributed by atoms with Gasteiger partial charge in [-0.15, -0.1) is 0 Å². The third-order valence-corrected chi connectivity index (χ3v) is 6.25. The van der Waals surface area contributed by atoms with Crippen LogP contribution >= 0.6 is 0 Å². The first-order valence-corrected chi connectivity index (χ1v) is 11.8. The van der Waals surface area contributed by atoms with Crippen LogP contribution < -0.4 is 14.8 Å². The number of para-hydroxylation sites is 1. The van der Waals surface area contributed by atoms with Crippen LogP contribution in [0.3, 0.4) is 0 Å². The number of hydrogen-bond acceptors (Lipinski definition) is 5. The second-order valence-electron chi connectivity index (χ2n) is 8.60. The van der Waals surface area contributed by atoms with Gasteiger partial charge in [0.25, 0.3) is 0 Å². The van der Waals surface area contributed by atoms with Gasteiger partial charge >= 0.3 is 0 Å². The SMILES string of the molecule is O=C(CCc1cn(-c2ccccc2)nc1-c1ccc2c(c1)OCO2)NCCCN1CCCC1. The Morgan fingerprint density at radius 3 is 2.70 bits per heavy atom. The lowest BCUT2D eigenvalue weighted by Gasteiger charge is -2.14. The van der Waals surface area contributed by atoms with E-state index in [2.05, 4.69) is 10.2 Å². The maximum Gasteiger partial charge on any atom is 0.231 e. The van der Waals surface area contributed by atoms with Gasteiger partial charge in [-0.25, -0.2) is 4.68 Å². The number of benzene rings is 2. The largest absolute Gasteiger partial charge is 0.454 e. The first-order valence-electron chi connectivity index (χ1n) is 11.8. The van der Waals surface area contributed by atoms with Crippen LogP contribution in [-0.2, 0) is 11.2 Å². The molecule has 7 heteroatoms.